The fourth-order valence-electron chi connectivity index (χ4n) is 1.89. The quantitative estimate of drug-likeness (QED) is 0.676. The molecule has 0 saturated carbocycles. The number of benzene rings is 1. The third-order valence-corrected chi connectivity index (χ3v) is 3.28. The van der Waals surface area contributed by atoms with Crippen LogP contribution in [0.25, 0.3) is 0 Å². The van der Waals surface area contributed by atoms with Crippen molar-refractivity contribution in [3.63, 3.8) is 0 Å². The zero-order valence-electron chi connectivity index (χ0n) is 10.9. The first-order valence-corrected chi connectivity index (χ1v) is 6.52. The Morgan fingerprint density at radius 3 is 2.70 bits per heavy atom. The van der Waals surface area contributed by atoms with Gasteiger partial charge in [-0.2, -0.15) is 0 Å². The lowest BCUT2D eigenvalue weighted by Gasteiger charge is -2.14. The van der Waals surface area contributed by atoms with Crippen LogP contribution in [0.5, 0.6) is 0 Å². The van der Waals surface area contributed by atoms with E-state index in [-0.39, 0.29) is 11.7 Å². The molecule has 0 bridgehead atoms. The largest absolute Gasteiger partial charge is 0.306 e. The molecular weight excluding hydrogens is 278 g/mol. The van der Waals surface area contributed by atoms with Gasteiger partial charge in [-0.1, -0.05) is 11.6 Å². The molecule has 0 aliphatic carbocycles. The lowest BCUT2D eigenvalue weighted by atomic mass is 10.1. The van der Waals surface area contributed by atoms with E-state index in [9.17, 15) is 10.1 Å². The van der Waals surface area contributed by atoms with Crippen molar-refractivity contribution in [2.75, 3.05) is 0 Å². The lowest BCUT2D eigenvalue weighted by Crippen LogP contribution is -2.18. The summed E-state index contributed by atoms with van der Waals surface area (Å²) in [4.78, 5) is 14.5. The zero-order chi connectivity index (χ0) is 14.5. The molecule has 0 fully saturated rings. The number of nitrogens with zero attached hydrogens (tertiary/aromatic N) is 2. The van der Waals surface area contributed by atoms with Gasteiger partial charge < -0.3 is 5.32 Å². The van der Waals surface area contributed by atoms with Crippen molar-refractivity contribution in [1.82, 2.24) is 10.3 Å². The first kappa shape index (κ1) is 14.4. The van der Waals surface area contributed by atoms with Crippen LogP contribution >= 0.6 is 11.6 Å². The maximum atomic E-state index is 11.0. The van der Waals surface area contributed by atoms with Gasteiger partial charge in [-0.15, -0.1) is 0 Å². The summed E-state index contributed by atoms with van der Waals surface area (Å²) in [7, 11) is 0. The van der Waals surface area contributed by atoms with Crippen molar-refractivity contribution in [3.8, 4) is 0 Å². The highest BCUT2D eigenvalue weighted by Crippen LogP contribution is 2.23. The van der Waals surface area contributed by atoms with Gasteiger partial charge in [-0.3, -0.25) is 15.1 Å². The van der Waals surface area contributed by atoms with Crippen molar-refractivity contribution < 1.29 is 4.92 Å². The Morgan fingerprint density at radius 1 is 1.35 bits per heavy atom. The monoisotopic (exact) mass is 291 g/mol. The van der Waals surface area contributed by atoms with Crippen LogP contribution in [0.15, 0.2) is 42.7 Å². The molecule has 0 saturated heterocycles. The predicted octanol–water partition coefficient (Wildman–Crippen LogP) is 3.49. The Hall–Kier alpha value is -1.98. The molecule has 1 N–H and O–H groups in total. The predicted molar refractivity (Wildman–Crippen MR) is 77.6 cm³/mol. The van der Waals surface area contributed by atoms with Crippen LogP contribution in [0, 0.1) is 10.1 Å². The molecule has 2 aromatic rings. The van der Waals surface area contributed by atoms with E-state index < -0.39 is 4.92 Å². The van der Waals surface area contributed by atoms with Gasteiger partial charge in [-0.05, 0) is 36.8 Å². The normalized spacial score (nSPS) is 12.1. The fourth-order valence-corrected chi connectivity index (χ4v) is 2.06. The van der Waals surface area contributed by atoms with Crippen molar-refractivity contribution >= 4 is 17.3 Å². The number of halogens is 1. The zero-order valence-corrected chi connectivity index (χ0v) is 11.7. The number of rotatable bonds is 5. The summed E-state index contributed by atoms with van der Waals surface area (Å²) in [5.41, 5.74) is 1.73. The lowest BCUT2D eigenvalue weighted by molar-refractivity contribution is -0.385. The van der Waals surface area contributed by atoms with Gasteiger partial charge in [0.05, 0.1) is 4.92 Å². The van der Waals surface area contributed by atoms with Crippen LogP contribution in [-0.4, -0.2) is 9.91 Å². The highest BCUT2D eigenvalue weighted by molar-refractivity contribution is 6.30. The third kappa shape index (κ3) is 3.53. The molecule has 0 aliphatic rings. The van der Waals surface area contributed by atoms with Crippen LogP contribution < -0.4 is 5.32 Å². The van der Waals surface area contributed by atoms with Gasteiger partial charge >= 0.3 is 0 Å². The third-order valence-electron chi connectivity index (χ3n) is 3.05. The van der Waals surface area contributed by atoms with Crippen LogP contribution in [0.1, 0.15) is 24.1 Å². The molecule has 0 amide bonds. The first-order valence-electron chi connectivity index (χ1n) is 6.14. The van der Waals surface area contributed by atoms with Crippen molar-refractivity contribution in [3.05, 3.63) is 69.0 Å². The Balaban J connectivity index is 2.09. The van der Waals surface area contributed by atoms with E-state index in [1.165, 1.54) is 6.07 Å². The van der Waals surface area contributed by atoms with E-state index in [0.717, 1.165) is 5.56 Å². The van der Waals surface area contributed by atoms with E-state index in [0.29, 0.717) is 17.1 Å². The van der Waals surface area contributed by atoms with Gasteiger partial charge in [0.1, 0.15) is 0 Å². The number of nitrogens with one attached hydrogen (secondary N) is 1. The maximum Gasteiger partial charge on any atom is 0.275 e. The second-order valence-corrected chi connectivity index (χ2v) is 4.85. The van der Waals surface area contributed by atoms with Gasteiger partial charge in [0.25, 0.3) is 5.69 Å². The Morgan fingerprint density at radius 2 is 2.05 bits per heavy atom. The molecule has 1 aromatic carbocycles. The summed E-state index contributed by atoms with van der Waals surface area (Å²) in [6.07, 6.45) is 3.44. The average Bonchev–Trinajstić information content (AvgIpc) is 2.46. The smallest absolute Gasteiger partial charge is 0.275 e. The number of nitro benzene ring substituents is 1. The minimum absolute atomic E-state index is 0.0342. The van der Waals surface area contributed by atoms with E-state index >= 15 is 0 Å². The summed E-state index contributed by atoms with van der Waals surface area (Å²) >= 11 is 5.79. The molecule has 5 nitrogen and oxygen atoms in total. The van der Waals surface area contributed by atoms with Crippen molar-refractivity contribution in [2.24, 2.45) is 0 Å². The second kappa shape index (κ2) is 6.45. The van der Waals surface area contributed by atoms with Gasteiger partial charge in [-0.25, -0.2) is 0 Å². The number of pyridine rings is 1. The van der Waals surface area contributed by atoms with E-state index in [1.54, 1.807) is 24.5 Å². The molecule has 20 heavy (non-hydrogen) atoms. The highest BCUT2D eigenvalue weighted by atomic mass is 35.5. The van der Waals surface area contributed by atoms with Crippen molar-refractivity contribution in [1.29, 1.82) is 0 Å². The average molecular weight is 292 g/mol. The topological polar surface area (TPSA) is 68.1 Å². The molecule has 0 radical (unpaired) electrons. The van der Waals surface area contributed by atoms with Gasteiger partial charge in [0, 0.05) is 41.6 Å². The second-order valence-electron chi connectivity index (χ2n) is 4.41. The highest BCUT2D eigenvalue weighted by Gasteiger charge is 2.15. The standard InChI is InChI=1S/C14H14ClN3O2/c1-10(11-4-6-16-7-5-11)17-9-12-2-3-13(15)8-14(12)18(19)20/h2-8,10,17H,9H2,1H3/t10-/m0/s1. The van der Waals surface area contributed by atoms with E-state index in [1.807, 2.05) is 19.1 Å². The number of hydrogen-bond acceptors (Lipinski definition) is 4. The Bertz CT molecular complexity index is 605. The minimum Gasteiger partial charge on any atom is -0.306 e. The molecular formula is C14H14ClN3O2. The molecule has 0 aliphatic heterocycles. The Kier molecular flexibility index (Phi) is 4.65. The summed E-state index contributed by atoms with van der Waals surface area (Å²) in [6.45, 7) is 2.40. The number of nitro groups is 1. The van der Waals surface area contributed by atoms with E-state index in [2.05, 4.69) is 10.3 Å². The molecule has 2 rings (SSSR count). The molecule has 1 aromatic heterocycles. The fraction of sp³-hybridized carbons (Fsp3) is 0.214. The SMILES string of the molecule is C[C@H](NCc1ccc(Cl)cc1[N+](=O)[O-])c1ccncc1. The molecule has 1 heterocycles. The van der Waals surface area contributed by atoms with Crippen LogP contribution in [0.2, 0.25) is 5.02 Å². The molecule has 0 spiro atoms. The summed E-state index contributed by atoms with van der Waals surface area (Å²) in [5, 5.41) is 14.6. The number of hydrogen-bond donors (Lipinski definition) is 1. The summed E-state index contributed by atoms with van der Waals surface area (Å²) in [6, 6.07) is 8.60. The molecule has 0 unspecified atom stereocenters. The summed E-state index contributed by atoms with van der Waals surface area (Å²) < 4.78 is 0. The van der Waals surface area contributed by atoms with Crippen LogP contribution in [0.4, 0.5) is 5.69 Å². The van der Waals surface area contributed by atoms with E-state index in [4.69, 9.17) is 11.6 Å². The summed E-state index contributed by atoms with van der Waals surface area (Å²) in [5.74, 6) is 0. The Labute approximate surface area is 121 Å². The minimum atomic E-state index is -0.417. The maximum absolute atomic E-state index is 11.0. The molecule has 104 valence electrons. The first-order chi connectivity index (χ1) is 9.58. The molecule has 6 heteroatoms. The van der Waals surface area contributed by atoms with Gasteiger partial charge in [0.15, 0.2) is 0 Å². The van der Waals surface area contributed by atoms with Gasteiger partial charge in [0.2, 0.25) is 0 Å². The molecule has 1 atom stereocenters. The van der Waals surface area contributed by atoms with Crippen molar-refractivity contribution in [2.45, 2.75) is 19.5 Å². The van der Waals surface area contributed by atoms with Crippen LogP contribution in [0.3, 0.4) is 0 Å². The van der Waals surface area contributed by atoms with Crippen LogP contribution in [-0.2, 0) is 6.54 Å². The number of aromatic nitrogens is 1.